The number of hydrogen-bond acceptors (Lipinski definition) is 8. The molecule has 0 aliphatic heterocycles. The number of benzene rings is 1. The number of carbonyl (C=O) groups excluding carboxylic acids is 3. The molecule has 10 N–H and O–H groups in total. The third-order valence-electron chi connectivity index (χ3n) is 5.45. The molecule has 12 heteroatoms. The van der Waals surface area contributed by atoms with Crippen LogP contribution in [0, 0.1) is 5.92 Å². The highest BCUT2D eigenvalue weighted by molar-refractivity contribution is 5.94. The van der Waals surface area contributed by atoms with Crippen LogP contribution >= 0.6 is 0 Å². The van der Waals surface area contributed by atoms with Gasteiger partial charge in [0.2, 0.25) is 17.7 Å². The van der Waals surface area contributed by atoms with Gasteiger partial charge in [0.25, 0.3) is 0 Å². The Labute approximate surface area is 210 Å². The largest absolute Gasteiger partial charge is 0.508 e. The zero-order chi connectivity index (χ0) is 27.3. The molecular formula is C24H39N5O7. The van der Waals surface area contributed by atoms with Crippen LogP contribution in [-0.2, 0) is 25.6 Å². The fraction of sp³-hybridized carbons (Fsp3) is 0.583. The number of carbonyl (C=O) groups is 4. The summed E-state index contributed by atoms with van der Waals surface area (Å²) in [5.74, 6) is -3.28. The number of nitrogens with two attached hydrogens (primary N) is 2. The Bertz CT molecular complexity index is 863. The number of carboxylic acids is 1. The second kappa shape index (κ2) is 15.7. The molecule has 0 radical (unpaired) electrons. The van der Waals surface area contributed by atoms with Crippen LogP contribution in [0.3, 0.4) is 0 Å². The average Bonchev–Trinajstić information content (AvgIpc) is 2.82. The van der Waals surface area contributed by atoms with Crippen molar-refractivity contribution in [2.45, 2.75) is 70.1 Å². The van der Waals surface area contributed by atoms with Crippen molar-refractivity contribution >= 4 is 23.7 Å². The fourth-order valence-corrected chi connectivity index (χ4v) is 3.45. The molecular weight excluding hydrogens is 470 g/mol. The van der Waals surface area contributed by atoms with Crippen molar-refractivity contribution < 1.29 is 34.5 Å². The topological polar surface area (TPSA) is 217 Å². The molecule has 0 saturated heterocycles. The Morgan fingerprint density at radius 1 is 0.889 bits per heavy atom. The first kappa shape index (κ1) is 30.8. The van der Waals surface area contributed by atoms with Crippen LogP contribution in [0.15, 0.2) is 24.3 Å². The smallest absolute Gasteiger partial charge is 0.328 e. The maximum absolute atomic E-state index is 13.1. The van der Waals surface area contributed by atoms with Gasteiger partial charge in [0.05, 0.1) is 12.6 Å². The van der Waals surface area contributed by atoms with E-state index >= 15 is 0 Å². The minimum Gasteiger partial charge on any atom is -0.508 e. The van der Waals surface area contributed by atoms with Gasteiger partial charge in [-0.1, -0.05) is 26.0 Å². The average molecular weight is 510 g/mol. The van der Waals surface area contributed by atoms with Gasteiger partial charge in [0.15, 0.2) is 0 Å². The van der Waals surface area contributed by atoms with Crippen molar-refractivity contribution in [2.75, 3.05) is 13.2 Å². The molecule has 4 unspecified atom stereocenters. The Hall–Kier alpha value is -3.22. The summed E-state index contributed by atoms with van der Waals surface area (Å²) in [7, 11) is 0. The molecule has 0 spiro atoms. The summed E-state index contributed by atoms with van der Waals surface area (Å²) < 4.78 is 0. The van der Waals surface area contributed by atoms with Gasteiger partial charge >= 0.3 is 5.97 Å². The highest BCUT2D eigenvalue weighted by atomic mass is 16.4. The van der Waals surface area contributed by atoms with Gasteiger partial charge in [0, 0.05) is 0 Å². The first-order chi connectivity index (χ1) is 17.0. The Morgan fingerprint density at radius 3 is 1.97 bits per heavy atom. The SMILES string of the molecule is CC(C)CC(NC(=O)C(CCCCN)NC(=O)C(N)Cc1ccc(O)cc1)C(=O)NC(CO)C(=O)O. The number of unbranched alkanes of at least 4 members (excludes halogenated alkanes) is 1. The zero-order valence-corrected chi connectivity index (χ0v) is 20.8. The van der Waals surface area contributed by atoms with Crippen molar-refractivity contribution in [3.05, 3.63) is 29.8 Å². The molecule has 3 amide bonds. The standard InChI is InChI=1S/C24H39N5O7/c1-14(2)11-19(23(34)29-20(13-30)24(35)36)28-22(33)18(5-3-4-10-25)27-21(32)17(26)12-15-6-8-16(31)9-7-15/h6-9,14,17-20,30-31H,3-5,10-13,25-26H2,1-2H3,(H,27,32)(H,28,33)(H,29,34)(H,35,36). The summed E-state index contributed by atoms with van der Waals surface area (Å²) in [6.45, 7) is 3.25. The van der Waals surface area contributed by atoms with E-state index in [1.165, 1.54) is 12.1 Å². The van der Waals surface area contributed by atoms with Gasteiger partial charge in [-0.25, -0.2) is 4.79 Å². The van der Waals surface area contributed by atoms with Crippen LogP contribution in [0.2, 0.25) is 0 Å². The van der Waals surface area contributed by atoms with E-state index in [-0.39, 0.29) is 30.9 Å². The van der Waals surface area contributed by atoms with Crippen molar-refractivity contribution in [3.8, 4) is 5.75 Å². The number of phenolic OH excluding ortho intramolecular Hbond substituents is 1. The van der Waals surface area contributed by atoms with Crippen LogP contribution in [0.1, 0.15) is 45.1 Å². The number of hydrogen-bond donors (Lipinski definition) is 8. The van der Waals surface area contributed by atoms with E-state index in [9.17, 15) is 29.4 Å². The maximum atomic E-state index is 13.1. The highest BCUT2D eigenvalue weighted by Gasteiger charge is 2.30. The van der Waals surface area contributed by atoms with Gasteiger partial charge in [-0.2, -0.15) is 0 Å². The van der Waals surface area contributed by atoms with E-state index in [4.69, 9.17) is 16.6 Å². The molecule has 4 atom stereocenters. The van der Waals surface area contributed by atoms with Crippen molar-refractivity contribution in [2.24, 2.45) is 17.4 Å². The number of nitrogens with one attached hydrogen (secondary N) is 3. The van der Waals surface area contributed by atoms with E-state index in [1.807, 2.05) is 13.8 Å². The number of aliphatic hydroxyl groups excluding tert-OH is 1. The number of aromatic hydroxyl groups is 1. The Morgan fingerprint density at radius 2 is 1.44 bits per heavy atom. The summed E-state index contributed by atoms with van der Waals surface area (Å²) in [5.41, 5.74) is 12.3. The molecule has 1 aromatic rings. The van der Waals surface area contributed by atoms with Gasteiger partial charge in [-0.15, -0.1) is 0 Å². The fourth-order valence-electron chi connectivity index (χ4n) is 3.45. The van der Waals surface area contributed by atoms with Crippen LogP contribution in [0.4, 0.5) is 0 Å². The lowest BCUT2D eigenvalue weighted by atomic mass is 10.0. The summed E-state index contributed by atoms with van der Waals surface area (Å²) in [6.07, 6.45) is 1.80. The quantitative estimate of drug-likeness (QED) is 0.128. The van der Waals surface area contributed by atoms with Crippen LogP contribution in [0.25, 0.3) is 0 Å². The molecule has 0 saturated carbocycles. The van der Waals surface area contributed by atoms with Crippen molar-refractivity contribution in [1.29, 1.82) is 0 Å². The molecule has 0 heterocycles. The van der Waals surface area contributed by atoms with Crippen LogP contribution < -0.4 is 27.4 Å². The molecule has 0 bridgehead atoms. The van der Waals surface area contributed by atoms with Crippen molar-refractivity contribution in [1.82, 2.24) is 16.0 Å². The van der Waals surface area contributed by atoms with Crippen LogP contribution in [-0.4, -0.2) is 76.3 Å². The van der Waals surface area contributed by atoms with E-state index in [0.717, 1.165) is 5.56 Å². The van der Waals surface area contributed by atoms with E-state index in [1.54, 1.807) is 12.1 Å². The van der Waals surface area contributed by atoms with Gasteiger partial charge in [-0.05, 0) is 62.3 Å². The molecule has 0 aromatic heterocycles. The lowest BCUT2D eigenvalue weighted by molar-refractivity contribution is -0.143. The third kappa shape index (κ3) is 11.0. The number of carboxylic acid groups (broad SMARTS) is 1. The molecule has 1 rings (SSSR count). The molecule has 36 heavy (non-hydrogen) atoms. The molecule has 12 nitrogen and oxygen atoms in total. The lowest BCUT2D eigenvalue weighted by Gasteiger charge is -2.26. The minimum absolute atomic E-state index is 0.0255. The summed E-state index contributed by atoms with van der Waals surface area (Å²) >= 11 is 0. The first-order valence-electron chi connectivity index (χ1n) is 12.0. The monoisotopic (exact) mass is 509 g/mol. The van der Waals surface area contributed by atoms with Crippen molar-refractivity contribution in [3.63, 3.8) is 0 Å². The second-order valence-corrected chi connectivity index (χ2v) is 9.10. The molecule has 202 valence electrons. The highest BCUT2D eigenvalue weighted by Crippen LogP contribution is 2.12. The third-order valence-corrected chi connectivity index (χ3v) is 5.45. The molecule has 1 aromatic carbocycles. The van der Waals surface area contributed by atoms with E-state index < -0.39 is 54.5 Å². The first-order valence-corrected chi connectivity index (χ1v) is 12.0. The predicted molar refractivity (Wildman–Crippen MR) is 133 cm³/mol. The van der Waals surface area contributed by atoms with Gasteiger partial charge in [0.1, 0.15) is 23.9 Å². The Kier molecular flexibility index (Phi) is 13.4. The number of aliphatic hydroxyl groups is 1. The number of amides is 3. The summed E-state index contributed by atoms with van der Waals surface area (Å²) in [4.78, 5) is 49.7. The lowest BCUT2D eigenvalue weighted by Crippen LogP contribution is -2.57. The molecule has 0 aliphatic carbocycles. The molecule has 0 fully saturated rings. The summed E-state index contributed by atoms with van der Waals surface area (Å²) in [6, 6.07) is 1.69. The van der Waals surface area contributed by atoms with Gasteiger partial charge < -0.3 is 42.7 Å². The zero-order valence-electron chi connectivity index (χ0n) is 20.8. The Balaban J connectivity index is 2.94. The van der Waals surface area contributed by atoms with Gasteiger partial charge in [-0.3, -0.25) is 14.4 Å². The van der Waals surface area contributed by atoms with Crippen LogP contribution in [0.5, 0.6) is 5.75 Å². The predicted octanol–water partition coefficient (Wildman–Crippen LogP) is -1.03. The normalized spacial score (nSPS) is 14.4. The minimum atomic E-state index is -1.51. The number of rotatable bonds is 16. The number of aliphatic carboxylic acids is 1. The number of phenols is 1. The molecule has 0 aliphatic rings. The second-order valence-electron chi connectivity index (χ2n) is 9.10. The maximum Gasteiger partial charge on any atom is 0.328 e. The van der Waals surface area contributed by atoms with E-state index in [2.05, 4.69) is 16.0 Å². The van der Waals surface area contributed by atoms with E-state index in [0.29, 0.717) is 19.4 Å². The summed E-state index contributed by atoms with van der Waals surface area (Å²) in [5, 5.41) is 35.2.